The minimum atomic E-state index is -4.61. The van der Waals surface area contributed by atoms with Crippen LogP contribution in [0.3, 0.4) is 0 Å². The molecule has 7 heteroatoms. The Bertz CT molecular complexity index is 1140. The van der Waals surface area contributed by atoms with Crippen molar-refractivity contribution in [3.05, 3.63) is 64.2 Å². The van der Waals surface area contributed by atoms with Gasteiger partial charge in [0.15, 0.2) is 11.6 Å². The summed E-state index contributed by atoms with van der Waals surface area (Å²) in [6.45, 7) is 7.22. The summed E-state index contributed by atoms with van der Waals surface area (Å²) in [4.78, 5) is 8.84. The number of halogens is 4. The van der Waals surface area contributed by atoms with Crippen molar-refractivity contribution in [2.75, 3.05) is 18.0 Å². The van der Waals surface area contributed by atoms with E-state index in [9.17, 15) is 17.6 Å². The number of alkyl halides is 3. The van der Waals surface area contributed by atoms with Crippen molar-refractivity contribution in [1.82, 2.24) is 9.97 Å². The lowest BCUT2D eigenvalue weighted by Crippen LogP contribution is -2.33. The maximum atomic E-state index is 14.5. The van der Waals surface area contributed by atoms with Crippen LogP contribution in [0.15, 0.2) is 36.2 Å². The Labute approximate surface area is 172 Å². The highest BCUT2D eigenvalue weighted by molar-refractivity contribution is 5.95. The first-order valence-electron chi connectivity index (χ1n) is 9.90. The summed E-state index contributed by atoms with van der Waals surface area (Å²) in [5.41, 5.74) is 5.83. The van der Waals surface area contributed by atoms with Crippen LogP contribution in [-0.4, -0.2) is 23.1 Å². The molecule has 1 aliphatic heterocycles. The molecule has 0 saturated carbocycles. The van der Waals surface area contributed by atoms with E-state index in [-0.39, 0.29) is 5.82 Å². The third kappa shape index (κ3) is 3.57. The van der Waals surface area contributed by atoms with Crippen LogP contribution in [0.5, 0.6) is 0 Å². The van der Waals surface area contributed by atoms with Gasteiger partial charge in [0.05, 0.1) is 5.56 Å². The second-order valence-electron chi connectivity index (χ2n) is 7.91. The molecule has 4 rings (SSSR count). The summed E-state index contributed by atoms with van der Waals surface area (Å²) < 4.78 is 52.9. The van der Waals surface area contributed by atoms with Crippen molar-refractivity contribution < 1.29 is 17.6 Å². The molecular weight excluding hydrogens is 394 g/mol. The number of fused-ring (bicyclic) bond motifs is 1. The first-order chi connectivity index (χ1) is 14.2. The fraction of sp³-hybridized carbons (Fsp3) is 0.348. The zero-order chi connectivity index (χ0) is 21.6. The first-order valence-corrected chi connectivity index (χ1v) is 9.90. The number of nitrogens with zero attached hydrogens (tertiary/aromatic N) is 2. The van der Waals surface area contributed by atoms with Gasteiger partial charge in [-0.25, -0.2) is 9.37 Å². The average molecular weight is 417 g/mol. The maximum absolute atomic E-state index is 14.5. The molecule has 2 aromatic heterocycles. The number of piperidine rings is 1. The van der Waals surface area contributed by atoms with Crippen molar-refractivity contribution >= 4 is 22.3 Å². The molecule has 1 aromatic carbocycles. The van der Waals surface area contributed by atoms with Gasteiger partial charge < -0.3 is 9.88 Å². The van der Waals surface area contributed by atoms with Crippen LogP contribution in [0.2, 0.25) is 0 Å². The van der Waals surface area contributed by atoms with Gasteiger partial charge in [0, 0.05) is 36.4 Å². The molecule has 0 spiro atoms. The van der Waals surface area contributed by atoms with Crippen LogP contribution in [0.1, 0.15) is 42.0 Å². The quantitative estimate of drug-likeness (QED) is 0.489. The summed E-state index contributed by atoms with van der Waals surface area (Å²) in [5.74, 6) is -0.970. The molecular formula is C23H23F4N3. The summed E-state index contributed by atoms with van der Waals surface area (Å²) in [6.07, 6.45) is -0.330. The van der Waals surface area contributed by atoms with E-state index in [2.05, 4.69) is 42.9 Å². The predicted molar refractivity (Wildman–Crippen MR) is 111 cm³/mol. The van der Waals surface area contributed by atoms with Crippen LogP contribution in [0.4, 0.5) is 23.4 Å². The van der Waals surface area contributed by atoms with Crippen molar-refractivity contribution in [2.24, 2.45) is 0 Å². The van der Waals surface area contributed by atoms with Crippen molar-refractivity contribution in [1.29, 1.82) is 0 Å². The largest absolute Gasteiger partial charge is 0.417 e. The van der Waals surface area contributed by atoms with Gasteiger partial charge in [-0.1, -0.05) is 6.07 Å². The number of aryl methyl sites for hydroxylation is 2. The topological polar surface area (TPSA) is 31.9 Å². The number of pyridine rings is 1. The van der Waals surface area contributed by atoms with Crippen LogP contribution < -0.4 is 4.90 Å². The highest BCUT2D eigenvalue weighted by Crippen LogP contribution is 2.35. The smallest absolute Gasteiger partial charge is 0.361 e. The number of allylic oxidation sites excluding steroid dienone is 1. The number of H-pyrrole nitrogens is 1. The van der Waals surface area contributed by atoms with Gasteiger partial charge in [0.2, 0.25) is 0 Å². The van der Waals surface area contributed by atoms with E-state index in [4.69, 9.17) is 0 Å². The molecule has 0 amide bonds. The number of hydrogen-bond acceptors (Lipinski definition) is 2. The Morgan fingerprint density at radius 3 is 2.67 bits per heavy atom. The summed E-state index contributed by atoms with van der Waals surface area (Å²) >= 11 is 0. The third-order valence-electron chi connectivity index (χ3n) is 6.04. The van der Waals surface area contributed by atoms with Crippen LogP contribution in [-0.2, 0) is 6.18 Å². The number of aromatic nitrogens is 2. The molecule has 1 N–H and O–H groups in total. The summed E-state index contributed by atoms with van der Waals surface area (Å²) in [7, 11) is 0. The van der Waals surface area contributed by atoms with E-state index in [1.165, 1.54) is 11.1 Å². The fourth-order valence-electron chi connectivity index (χ4n) is 4.18. The molecule has 1 aliphatic rings. The SMILES string of the molecule is C/C(=C1\CCCN(c2ncc(C(F)(F)F)cc2F)C1)c1cc(C)c(C)c2[nH]ccc12. The average Bonchev–Trinajstić information content (AvgIpc) is 3.19. The second-order valence-corrected chi connectivity index (χ2v) is 7.91. The normalized spacial score (nSPS) is 17.0. The molecule has 0 radical (unpaired) electrons. The summed E-state index contributed by atoms with van der Waals surface area (Å²) in [5, 5.41) is 1.14. The monoisotopic (exact) mass is 417 g/mol. The predicted octanol–water partition coefficient (Wildman–Crippen LogP) is 6.41. The Kier molecular flexibility index (Phi) is 5.08. The molecule has 0 bridgehead atoms. The van der Waals surface area contributed by atoms with Gasteiger partial charge in [-0.3, -0.25) is 0 Å². The van der Waals surface area contributed by atoms with E-state index in [1.807, 2.05) is 6.20 Å². The van der Waals surface area contributed by atoms with E-state index < -0.39 is 17.6 Å². The lowest BCUT2D eigenvalue weighted by atomic mass is 9.91. The zero-order valence-electron chi connectivity index (χ0n) is 17.1. The number of anilines is 1. The van der Waals surface area contributed by atoms with E-state index in [0.29, 0.717) is 25.4 Å². The molecule has 158 valence electrons. The molecule has 0 unspecified atom stereocenters. The molecule has 1 fully saturated rings. The summed E-state index contributed by atoms with van der Waals surface area (Å²) in [6, 6.07) is 4.75. The maximum Gasteiger partial charge on any atom is 0.417 e. The Balaban J connectivity index is 1.70. The van der Waals surface area contributed by atoms with Gasteiger partial charge in [0.1, 0.15) is 0 Å². The fourth-order valence-corrected chi connectivity index (χ4v) is 4.18. The molecule has 3 heterocycles. The number of benzene rings is 1. The van der Waals surface area contributed by atoms with Gasteiger partial charge in [-0.05, 0) is 73.6 Å². The second kappa shape index (κ2) is 7.45. The minimum Gasteiger partial charge on any atom is -0.361 e. The highest BCUT2D eigenvalue weighted by Gasteiger charge is 2.32. The molecule has 30 heavy (non-hydrogen) atoms. The van der Waals surface area contributed by atoms with E-state index >= 15 is 0 Å². The zero-order valence-corrected chi connectivity index (χ0v) is 17.1. The van der Waals surface area contributed by atoms with Gasteiger partial charge >= 0.3 is 6.18 Å². The third-order valence-corrected chi connectivity index (χ3v) is 6.04. The van der Waals surface area contributed by atoms with Crippen molar-refractivity contribution in [2.45, 2.75) is 39.8 Å². The van der Waals surface area contributed by atoms with Gasteiger partial charge in [0.25, 0.3) is 0 Å². The lowest BCUT2D eigenvalue weighted by Gasteiger charge is -2.31. The van der Waals surface area contributed by atoms with Crippen LogP contribution >= 0.6 is 0 Å². The number of rotatable bonds is 2. The van der Waals surface area contributed by atoms with Gasteiger partial charge in [-0.2, -0.15) is 13.2 Å². The minimum absolute atomic E-state index is 0.0279. The molecule has 3 aromatic rings. The number of hydrogen-bond donors (Lipinski definition) is 1. The Hall–Kier alpha value is -2.83. The lowest BCUT2D eigenvalue weighted by molar-refractivity contribution is -0.138. The van der Waals surface area contributed by atoms with Gasteiger partial charge in [-0.15, -0.1) is 0 Å². The van der Waals surface area contributed by atoms with Crippen LogP contribution in [0.25, 0.3) is 16.5 Å². The Morgan fingerprint density at radius 2 is 1.97 bits per heavy atom. The highest BCUT2D eigenvalue weighted by atomic mass is 19.4. The molecule has 3 nitrogen and oxygen atoms in total. The molecule has 1 saturated heterocycles. The molecule has 0 atom stereocenters. The first kappa shape index (κ1) is 20.4. The van der Waals surface area contributed by atoms with Crippen molar-refractivity contribution in [3.63, 3.8) is 0 Å². The number of nitrogens with one attached hydrogen (secondary N) is 1. The van der Waals surface area contributed by atoms with Crippen molar-refractivity contribution in [3.8, 4) is 0 Å². The Morgan fingerprint density at radius 1 is 1.20 bits per heavy atom. The number of aromatic amines is 1. The standard InChI is InChI=1S/C23H23F4N3/c1-13-9-19(18-6-7-28-21(18)14(13)2)15(3)16-5-4-8-30(12-16)22-20(24)10-17(11-29-22)23(25,26)27/h6-7,9-11,28H,4-5,8,12H2,1-3H3/b16-15-. The van der Waals surface area contributed by atoms with Crippen LogP contribution in [0, 0.1) is 19.7 Å². The molecule has 0 aliphatic carbocycles. The van der Waals surface area contributed by atoms with E-state index in [0.717, 1.165) is 40.5 Å². The van der Waals surface area contributed by atoms with E-state index in [1.54, 1.807) is 4.90 Å².